The molecule has 0 spiro atoms. The van der Waals surface area contributed by atoms with E-state index in [9.17, 15) is 18.7 Å². The number of nitro groups is 1. The number of anilines is 1. The van der Waals surface area contributed by atoms with E-state index in [4.69, 9.17) is 0 Å². The Labute approximate surface area is 115 Å². The highest BCUT2D eigenvalue weighted by Gasteiger charge is 2.19. The standard InChI is InChI=1S/C10H12BrFN2O3S/c1-6(5-18(2)17)13-9-3-7(11)8(12)4-10(9)14(15)16/h3-4,6,13H,5H2,1-2H3. The molecule has 2 atom stereocenters. The van der Waals surface area contributed by atoms with Gasteiger partial charge in [0.05, 0.1) is 15.5 Å². The van der Waals surface area contributed by atoms with E-state index in [0.29, 0.717) is 5.75 Å². The van der Waals surface area contributed by atoms with Crippen LogP contribution in [0.3, 0.4) is 0 Å². The number of nitro benzene ring substituents is 1. The van der Waals surface area contributed by atoms with Crippen LogP contribution in [0.4, 0.5) is 15.8 Å². The van der Waals surface area contributed by atoms with Crippen molar-refractivity contribution >= 4 is 38.1 Å². The molecule has 100 valence electrons. The summed E-state index contributed by atoms with van der Waals surface area (Å²) in [6.45, 7) is 1.75. The largest absolute Gasteiger partial charge is 0.376 e. The molecule has 0 aliphatic carbocycles. The van der Waals surface area contributed by atoms with Crippen molar-refractivity contribution < 1.29 is 13.5 Å². The molecule has 0 fully saturated rings. The van der Waals surface area contributed by atoms with Gasteiger partial charge in [-0.2, -0.15) is 0 Å². The Kier molecular flexibility index (Phi) is 5.21. The van der Waals surface area contributed by atoms with Crippen LogP contribution in [0.25, 0.3) is 0 Å². The normalized spacial score (nSPS) is 14.0. The highest BCUT2D eigenvalue weighted by atomic mass is 79.9. The predicted octanol–water partition coefficient (Wildman–Crippen LogP) is 2.68. The third kappa shape index (κ3) is 4.02. The van der Waals surface area contributed by atoms with Crippen molar-refractivity contribution in [2.45, 2.75) is 13.0 Å². The highest BCUT2D eigenvalue weighted by molar-refractivity contribution is 9.10. The molecule has 1 aromatic rings. The minimum Gasteiger partial charge on any atom is -0.376 e. The van der Waals surface area contributed by atoms with Crippen LogP contribution in [0, 0.1) is 15.9 Å². The van der Waals surface area contributed by atoms with Gasteiger partial charge in [0.15, 0.2) is 0 Å². The molecular formula is C10H12BrFN2O3S. The summed E-state index contributed by atoms with van der Waals surface area (Å²) >= 11 is 2.97. The van der Waals surface area contributed by atoms with Crippen molar-refractivity contribution in [3.8, 4) is 0 Å². The minimum atomic E-state index is -1.01. The second kappa shape index (κ2) is 6.24. The van der Waals surface area contributed by atoms with Crippen molar-refractivity contribution in [2.24, 2.45) is 0 Å². The maximum absolute atomic E-state index is 13.2. The molecule has 0 saturated heterocycles. The minimum absolute atomic E-state index is 0.139. The van der Waals surface area contributed by atoms with E-state index in [2.05, 4.69) is 21.2 Å². The van der Waals surface area contributed by atoms with Crippen molar-refractivity contribution in [3.05, 3.63) is 32.5 Å². The van der Waals surface area contributed by atoms with Crippen molar-refractivity contribution in [3.63, 3.8) is 0 Å². The summed E-state index contributed by atoms with van der Waals surface area (Å²) in [6.07, 6.45) is 1.55. The fraction of sp³-hybridized carbons (Fsp3) is 0.400. The van der Waals surface area contributed by atoms with E-state index in [0.717, 1.165) is 6.07 Å². The molecule has 18 heavy (non-hydrogen) atoms. The number of hydrogen-bond acceptors (Lipinski definition) is 4. The lowest BCUT2D eigenvalue weighted by molar-refractivity contribution is -0.384. The van der Waals surface area contributed by atoms with E-state index in [1.54, 1.807) is 13.2 Å². The number of hydrogen-bond donors (Lipinski definition) is 1. The van der Waals surface area contributed by atoms with Gasteiger partial charge in [-0.1, -0.05) is 0 Å². The number of halogens is 2. The monoisotopic (exact) mass is 338 g/mol. The van der Waals surface area contributed by atoms with Crippen LogP contribution in [-0.4, -0.2) is 27.2 Å². The maximum atomic E-state index is 13.2. The molecule has 1 N–H and O–H groups in total. The second-order valence-electron chi connectivity index (χ2n) is 3.83. The van der Waals surface area contributed by atoms with Gasteiger partial charge in [0.2, 0.25) is 0 Å². The van der Waals surface area contributed by atoms with Crippen LogP contribution in [0.15, 0.2) is 16.6 Å². The Morgan fingerprint density at radius 3 is 2.72 bits per heavy atom. The molecule has 0 aliphatic rings. The third-order valence-corrected chi connectivity index (χ3v) is 3.70. The lowest BCUT2D eigenvalue weighted by Gasteiger charge is -2.14. The number of nitrogens with zero attached hydrogens (tertiary/aromatic N) is 1. The molecular weight excluding hydrogens is 327 g/mol. The first-order valence-corrected chi connectivity index (χ1v) is 7.53. The zero-order chi connectivity index (χ0) is 13.9. The van der Waals surface area contributed by atoms with Crippen molar-refractivity contribution in [1.29, 1.82) is 0 Å². The SMILES string of the molecule is CC(CS(C)=O)Nc1cc(Br)c(F)cc1[N+](=O)[O-]. The summed E-state index contributed by atoms with van der Waals surface area (Å²) < 4.78 is 24.4. The lowest BCUT2D eigenvalue weighted by atomic mass is 10.2. The fourth-order valence-corrected chi connectivity index (χ4v) is 2.59. The summed E-state index contributed by atoms with van der Waals surface area (Å²) in [6, 6.07) is 1.94. The number of nitrogens with one attached hydrogen (secondary N) is 1. The van der Waals surface area contributed by atoms with E-state index in [-0.39, 0.29) is 21.9 Å². The fourth-order valence-electron chi connectivity index (χ4n) is 1.46. The van der Waals surface area contributed by atoms with Gasteiger partial charge in [-0.05, 0) is 28.9 Å². The molecule has 0 amide bonds. The van der Waals surface area contributed by atoms with E-state index in [1.807, 2.05) is 0 Å². The van der Waals surface area contributed by atoms with Gasteiger partial charge < -0.3 is 5.32 Å². The molecule has 5 nitrogen and oxygen atoms in total. The van der Waals surface area contributed by atoms with Gasteiger partial charge in [-0.3, -0.25) is 14.3 Å². The maximum Gasteiger partial charge on any atom is 0.295 e. The van der Waals surface area contributed by atoms with Gasteiger partial charge >= 0.3 is 0 Å². The molecule has 2 unspecified atom stereocenters. The van der Waals surface area contributed by atoms with Gasteiger partial charge in [-0.25, -0.2) is 4.39 Å². The quantitative estimate of drug-likeness (QED) is 0.661. The van der Waals surface area contributed by atoms with E-state index in [1.165, 1.54) is 6.07 Å². The molecule has 0 heterocycles. The molecule has 0 radical (unpaired) electrons. The Hall–Kier alpha value is -1.02. The number of rotatable bonds is 5. The van der Waals surface area contributed by atoms with Crippen LogP contribution in [0.5, 0.6) is 0 Å². The third-order valence-electron chi connectivity index (χ3n) is 2.12. The summed E-state index contributed by atoms with van der Waals surface area (Å²) in [5, 5.41) is 13.7. The molecule has 1 rings (SSSR count). The molecule has 0 aromatic heterocycles. The van der Waals surface area contributed by atoms with Crippen LogP contribution in [0.1, 0.15) is 6.92 Å². The van der Waals surface area contributed by atoms with E-state index >= 15 is 0 Å². The topological polar surface area (TPSA) is 72.2 Å². The Bertz CT molecular complexity index is 498. The van der Waals surface area contributed by atoms with Gasteiger partial charge in [0.1, 0.15) is 11.5 Å². The van der Waals surface area contributed by atoms with Crippen LogP contribution in [-0.2, 0) is 10.8 Å². The Balaban J connectivity index is 3.03. The Morgan fingerprint density at radius 2 is 2.22 bits per heavy atom. The average molecular weight is 339 g/mol. The van der Waals surface area contributed by atoms with Crippen LogP contribution < -0.4 is 5.32 Å². The van der Waals surface area contributed by atoms with Gasteiger partial charge in [0.25, 0.3) is 5.69 Å². The summed E-state index contributed by atoms with van der Waals surface area (Å²) in [5.41, 5.74) is -0.143. The summed E-state index contributed by atoms with van der Waals surface area (Å²) in [4.78, 5) is 10.2. The second-order valence-corrected chi connectivity index (χ2v) is 6.16. The van der Waals surface area contributed by atoms with Crippen LogP contribution in [0.2, 0.25) is 0 Å². The zero-order valence-corrected chi connectivity index (χ0v) is 12.2. The first-order valence-electron chi connectivity index (χ1n) is 5.01. The van der Waals surface area contributed by atoms with Gasteiger partial charge in [0, 0.05) is 28.9 Å². The lowest BCUT2D eigenvalue weighted by Crippen LogP contribution is -2.22. The zero-order valence-electron chi connectivity index (χ0n) is 9.78. The smallest absolute Gasteiger partial charge is 0.295 e. The molecule has 0 aliphatic heterocycles. The van der Waals surface area contributed by atoms with Gasteiger partial charge in [-0.15, -0.1) is 0 Å². The van der Waals surface area contributed by atoms with Crippen LogP contribution >= 0.6 is 15.9 Å². The van der Waals surface area contributed by atoms with Crippen molar-refractivity contribution in [2.75, 3.05) is 17.3 Å². The Morgan fingerprint density at radius 1 is 1.61 bits per heavy atom. The summed E-state index contributed by atoms with van der Waals surface area (Å²) in [5.74, 6) is -0.342. The molecule has 8 heteroatoms. The molecule has 1 aromatic carbocycles. The van der Waals surface area contributed by atoms with Crippen molar-refractivity contribution in [1.82, 2.24) is 0 Å². The predicted molar refractivity (Wildman–Crippen MR) is 72.8 cm³/mol. The first-order chi connectivity index (χ1) is 8.31. The number of benzene rings is 1. The molecule has 0 bridgehead atoms. The highest BCUT2D eigenvalue weighted by Crippen LogP contribution is 2.30. The first kappa shape index (κ1) is 15.0. The molecule has 0 saturated carbocycles. The summed E-state index contributed by atoms with van der Waals surface area (Å²) in [7, 11) is -1.01. The average Bonchev–Trinajstić information content (AvgIpc) is 2.21. The van der Waals surface area contributed by atoms with E-state index < -0.39 is 21.5 Å².